The Kier molecular flexibility index (Phi) is 8.29. The molecule has 7 heteroatoms. The molecule has 1 heterocycles. The minimum absolute atomic E-state index is 0.0278. The standard InChI is InChI=1S/C32H36N2O5/c1-7-17-38-27-16-11-23(18-21(27)4)30(35)28-29(22-9-8-10-26(19-22)39-20(2)3)34(32(37)31(28)36)25-14-12-24(13-15-25)33(5)6/h8-16,18-20,29,35H,7,17H2,1-6H3/b30-28+. The highest BCUT2D eigenvalue weighted by Crippen LogP contribution is 2.43. The molecule has 1 unspecified atom stereocenters. The molecule has 3 aromatic rings. The van der Waals surface area contributed by atoms with E-state index in [2.05, 4.69) is 0 Å². The van der Waals surface area contributed by atoms with E-state index in [9.17, 15) is 14.7 Å². The lowest BCUT2D eigenvalue weighted by atomic mass is 9.94. The van der Waals surface area contributed by atoms with Gasteiger partial charge in [-0.3, -0.25) is 14.5 Å². The molecule has 1 saturated heterocycles. The summed E-state index contributed by atoms with van der Waals surface area (Å²) >= 11 is 0. The Morgan fingerprint density at radius 2 is 1.74 bits per heavy atom. The molecule has 1 amide bonds. The van der Waals surface area contributed by atoms with E-state index in [1.807, 2.05) is 95.2 Å². The molecule has 1 aliphatic heterocycles. The summed E-state index contributed by atoms with van der Waals surface area (Å²) in [5, 5.41) is 11.5. The highest BCUT2D eigenvalue weighted by molar-refractivity contribution is 6.51. The molecule has 204 valence electrons. The number of aryl methyl sites for hydroxylation is 1. The van der Waals surface area contributed by atoms with E-state index in [0.29, 0.717) is 34.9 Å². The first-order chi connectivity index (χ1) is 18.6. The molecule has 0 aliphatic carbocycles. The van der Waals surface area contributed by atoms with Gasteiger partial charge in [-0.1, -0.05) is 19.1 Å². The highest BCUT2D eigenvalue weighted by atomic mass is 16.5. The van der Waals surface area contributed by atoms with Crippen molar-refractivity contribution in [2.24, 2.45) is 0 Å². The zero-order valence-corrected chi connectivity index (χ0v) is 23.4. The van der Waals surface area contributed by atoms with E-state index in [1.165, 1.54) is 4.90 Å². The maximum absolute atomic E-state index is 13.5. The number of rotatable bonds is 9. The number of aliphatic hydroxyl groups excluding tert-OH is 1. The number of ketones is 1. The molecule has 0 bridgehead atoms. The molecule has 0 spiro atoms. The molecule has 0 saturated carbocycles. The van der Waals surface area contributed by atoms with Crippen LogP contribution in [-0.2, 0) is 9.59 Å². The van der Waals surface area contributed by atoms with Crippen molar-refractivity contribution < 1.29 is 24.2 Å². The number of ether oxygens (including phenoxy) is 2. The Bertz CT molecular complexity index is 1390. The van der Waals surface area contributed by atoms with Crippen LogP contribution in [-0.4, -0.2) is 43.6 Å². The van der Waals surface area contributed by atoms with Gasteiger partial charge in [-0.05, 0) is 92.9 Å². The van der Waals surface area contributed by atoms with Gasteiger partial charge in [-0.2, -0.15) is 0 Å². The Morgan fingerprint density at radius 1 is 1.03 bits per heavy atom. The molecule has 0 radical (unpaired) electrons. The predicted octanol–water partition coefficient (Wildman–Crippen LogP) is 6.26. The molecule has 1 atom stereocenters. The van der Waals surface area contributed by atoms with Crippen LogP contribution in [0.2, 0.25) is 0 Å². The van der Waals surface area contributed by atoms with E-state index in [4.69, 9.17) is 9.47 Å². The van der Waals surface area contributed by atoms with Crippen LogP contribution in [0.5, 0.6) is 11.5 Å². The van der Waals surface area contributed by atoms with Crippen molar-refractivity contribution in [3.05, 3.63) is 89.0 Å². The summed E-state index contributed by atoms with van der Waals surface area (Å²) in [7, 11) is 3.87. The fourth-order valence-electron chi connectivity index (χ4n) is 4.68. The van der Waals surface area contributed by atoms with Gasteiger partial charge < -0.3 is 19.5 Å². The SMILES string of the molecule is CCCOc1ccc(/C(O)=C2\C(=O)C(=O)N(c3ccc(N(C)C)cc3)C2c2cccc(OC(C)C)c2)cc1C. The van der Waals surface area contributed by atoms with Crippen LogP contribution < -0.4 is 19.3 Å². The van der Waals surface area contributed by atoms with Crippen LogP contribution >= 0.6 is 0 Å². The molecule has 3 aromatic carbocycles. The maximum Gasteiger partial charge on any atom is 0.300 e. The average molecular weight is 529 g/mol. The van der Waals surface area contributed by atoms with Crippen LogP contribution in [0.15, 0.2) is 72.3 Å². The fourth-order valence-corrected chi connectivity index (χ4v) is 4.68. The largest absolute Gasteiger partial charge is 0.507 e. The van der Waals surface area contributed by atoms with Gasteiger partial charge in [0.25, 0.3) is 11.7 Å². The second-order valence-corrected chi connectivity index (χ2v) is 10.1. The van der Waals surface area contributed by atoms with Crippen molar-refractivity contribution in [1.82, 2.24) is 0 Å². The average Bonchev–Trinajstić information content (AvgIpc) is 3.17. The van der Waals surface area contributed by atoms with Crippen molar-refractivity contribution in [3.63, 3.8) is 0 Å². The topological polar surface area (TPSA) is 79.3 Å². The molecule has 0 aromatic heterocycles. The summed E-state index contributed by atoms with van der Waals surface area (Å²) in [6.07, 6.45) is 0.821. The van der Waals surface area contributed by atoms with Gasteiger partial charge in [0.2, 0.25) is 0 Å². The first kappa shape index (κ1) is 27.8. The van der Waals surface area contributed by atoms with Crippen molar-refractivity contribution in [2.75, 3.05) is 30.5 Å². The lowest BCUT2D eigenvalue weighted by molar-refractivity contribution is -0.132. The number of Topliss-reactive ketones (excluding diaryl/α,β-unsaturated/α-hetero) is 1. The van der Waals surface area contributed by atoms with E-state index in [1.54, 1.807) is 18.2 Å². The normalized spacial score (nSPS) is 16.6. The summed E-state index contributed by atoms with van der Waals surface area (Å²) in [4.78, 5) is 30.5. The minimum atomic E-state index is -0.845. The summed E-state index contributed by atoms with van der Waals surface area (Å²) in [6.45, 7) is 8.36. The monoisotopic (exact) mass is 528 g/mol. The van der Waals surface area contributed by atoms with Crippen LogP contribution in [0.1, 0.15) is 49.9 Å². The second-order valence-electron chi connectivity index (χ2n) is 10.1. The number of benzene rings is 3. The third-order valence-corrected chi connectivity index (χ3v) is 6.54. The van der Waals surface area contributed by atoms with Crippen LogP contribution in [0.4, 0.5) is 11.4 Å². The predicted molar refractivity (Wildman–Crippen MR) is 155 cm³/mol. The van der Waals surface area contributed by atoms with Gasteiger partial charge in [0.1, 0.15) is 17.3 Å². The lowest BCUT2D eigenvalue weighted by Crippen LogP contribution is -2.29. The Hall–Kier alpha value is -4.26. The third-order valence-electron chi connectivity index (χ3n) is 6.54. The summed E-state index contributed by atoms with van der Waals surface area (Å²) < 4.78 is 11.7. The number of amides is 1. The van der Waals surface area contributed by atoms with Crippen LogP contribution in [0.25, 0.3) is 5.76 Å². The van der Waals surface area contributed by atoms with E-state index < -0.39 is 17.7 Å². The van der Waals surface area contributed by atoms with Crippen molar-refractivity contribution in [1.29, 1.82) is 0 Å². The number of carbonyl (C=O) groups excluding carboxylic acids is 2. The first-order valence-electron chi connectivity index (χ1n) is 13.2. The highest BCUT2D eigenvalue weighted by Gasteiger charge is 2.47. The van der Waals surface area contributed by atoms with Crippen molar-refractivity contribution in [2.45, 2.75) is 46.3 Å². The quantitative estimate of drug-likeness (QED) is 0.201. The number of anilines is 2. The second kappa shape index (κ2) is 11.6. The van der Waals surface area contributed by atoms with E-state index >= 15 is 0 Å². The molecular formula is C32H36N2O5. The molecule has 39 heavy (non-hydrogen) atoms. The molecular weight excluding hydrogens is 492 g/mol. The van der Waals surface area contributed by atoms with Gasteiger partial charge in [0, 0.05) is 31.0 Å². The van der Waals surface area contributed by atoms with Gasteiger partial charge in [-0.25, -0.2) is 0 Å². The summed E-state index contributed by atoms with van der Waals surface area (Å²) in [5.41, 5.74) is 3.47. The number of carbonyl (C=O) groups is 2. The molecule has 1 fully saturated rings. The van der Waals surface area contributed by atoms with Crippen molar-refractivity contribution in [3.8, 4) is 11.5 Å². The zero-order chi connectivity index (χ0) is 28.3. The molecule has 1 N–H and O–H groups in total. The van der Waals surface area contributed by atoms with Crippen LogP contribution in [0, 0.1) is 6.92 Å². The summed E-state index contributed by atoms with van der Waals surface area (Å²) in [6, 6.07) is 19.1. The van der Waals surface area contributed by atoms with E-state index in [-0.39, 0.29) is 17.4 Å². The van der Waals surface area contributed by atoms with E-state index in [0.717, 1.165) is 17.7 Å². The molecule has 1 aliphatic rings. The van der Waals surface area contributed by atoms with Gasteiger partial charge in [0.05, 0.1) is 24.3 Å². The molecule has 4 rings (SSSR count). The number of hydrogen-bond acceptors (Lipinski definition) is 6. The summed E-state index contributed by atoms with van der Waals surface area (Å²) in [5.74, 6) is -0.345. The third kappa shape index (κ3) is 5.77. The molecule has 7 nitrogen and oxygen atoms in total. The number of nitrogens with zero attached hydrogens (tertiary/aromatic N) is 2. The van der Waals surface area contributed by atoms with Gasteiger partial charge in [0.15, 0.2) is 0 Å². The number of hydrogen-bond donors (Lipinski definition) is 1. The Balaban J connectivity index is 1.87. The maximum atomic E-state index is 13.5. The minimum Gasteiger partial charge on any atom is -0.507 e. The lowest BCUT2D eigenvalue weighted by Gasteiger charge is -2.26. The first-order valence-corrected chi connectivity index (χ1v) is 13.2. The smallest absolute Gasteiger partial charge is 0.300 e. The Labute approximate surface area is 230 Å². The zero-order valence-electron chi connectivity index (χ0n) is 23.4. The van der Waals surface area contributed by atoms with Gasteiger partial charge >= 0.3 is 0 Å². The van der Waals surface area contributed by atoms with Gasteiger partial charge in [-0.15, -0.1) is 0 Å². The van der Waals surface area contributed by atoms with Crippen LogP contribution in [0.3, 0.4) is 0 Å². The number of aliphatic hydroxyl groups is 1. The van der Waals surface area contributed by atoms with Crippen molar-refractivity contribution >= 4 is 28.8 Å². The fraction of sp³-hybridized carbons (Fsp3) is 0.312. The Morgan fingerprint density at radius 3 is 2.36 bits per heavy atom.